The van der Waals surface area contributed by atoms with Crippen molar-refractivity contribution in [3.63, 3.8) is 0 Å². The topological polar surface area (TPSA) is 21.3 Å². The van der Waals surface area contributed by atoms with Gasteiger partial charge in [0.2, 0.25) is 0 Å². The number of rotatable bonds is 5. The van der Waals surface area contributed by atoms with Crippen LogP contribution in [0.5, 0.6) is 5.75 Å². The summed E-state index contributed by atoms with van der Waals surface area (Å²) in [6.07, 6.45) is 2.57. The minimum Gasteiger partial charge on any atom is -0.489 e. The van der Waals surface area contributed by atoms with Gasteiger partial charge in [-0.1, -0.05) is 15.9 Å². The van der Waals surface area contributed by atoms with E-state index in [1.807, 2.05) is 6.92 Å². The maximum atomic E-state index is 13.1. The summed E-state index contributed by atoms with van der Waals surface area (Å²) in [5, 5.41) is 3.38. The molecule has 2 nitrogen and oxygen atoms in total. The molecule has 0 aliphatic heterocycles. The lowest BCUT2D eigenvalue weighted by molar-refractivity contribution is 0.215. The van der Waals surface area contributed by atoms with E-state index in [1.54, 1.807) is 6.07 Å². The van der Waals surface area contributed by atoms with Gasteiger partial charge in [0, 0.05) is 23.1 Å². The SMILES string of the molecule is CC(CNC1CC1)Oc1cc(F)cc(Br)c1. The Morgan fingerprint density at radius 3 is 2.88 bits per heavy atom. The van der Waals surface area contributed by atoms with E-state index in [-0.39, 0.29) is 11.9 Å². The van der Waals surface area contributed by atoms with Crippen LogP contribution in [-0.2, 0) is 0 Å². The third kappa shape index (κ3) is 3.76. The van der Waals surface area contributed by atoms with Crippen LogP contribution in [0.15, 0.2) is 22.7 Å². The van der Waals surface area contributed by atoms with Crippen LogP contribution >= 0.6 is 15.9 Å². The smallest absolute Gasteiger partial charge is 0.128 e. The van der Waals surface area contributed by atoms with Gasteiger partial charge >= 0.3 is 0 Å². The van der Waals surface area contributed by atoms with Gasteiger partial charge in [-0.15, -0.1) is 0 Å². The van der Waals surface area contributed by atoms with Crippen LogP contribution in [0.2, 0.25) is 0 Å². The van der Waals surface area contributed by atoms with Gasteiger partial charge in [-0.05, 0) is 31.9 Å². The molecule has 1 atom stereocenters. The summed E-state index contributed by atoms with van der Waals surface area (Å²) in [5.74, 6) is 0.281. The van der Waals surface area contributed by atoms with Gasteiger partial charge in [0.05, 0.1) is 0 Å². The Bertz CT molecular complexity index is 348. The average Bonchev–Trinajstić information content (AvgIpc) is 2.96. The molecule has 0 spiro atoms. The van der Waals surface area contributed by atoms with E-state index in [1.165, 1.54) is 25.0 Å². The van der Waals surface area contributed by atoms with Gasteiger partial charge in [-0.25, -0.2) is 4.39 Å². The van der Waals surface area contributed by atoms with E-state index in [4.69, 9.17) is 4.74 Å². The molecule has 0 bridgehead atoms. The molecule has 0 aromatic heterocycles. The van der Waals surface area contributed by atoms with Crippen molar-refractivity contribution in [2.75, 3.05) is 6.54 Å². The second-order valence-corrected chi connectivity index (χ2v) is 5.13. The summed E-state index contributed by atoms with van der Waals surface area (Å²) in [6, 6.07) is 5.26. The summed E-state index contributed by atoms with van der Waals surface area (Å²) in [4.78, 5) is 0. The molecule has 4 heteroatoms. The summed E-state index contributed by atoms with van der Waals surface area (Å²) < 4.78 is 19.4. The van der Waals surface area contributed by atoms with Crippen LogP contribution in [-0.4, -0.2) is 18.7 Å². The molecule has 1 aliphatic rings. The predicted octanol–water partition coefficient (Wildman–Crippen LogP) is 3.11. The van der Waals surface area contributed by atoms with Crippen molar-refractivity contribution >= 4 is 15.9 Å². The van der Waals surface area contributed by atoms with Crippen molar-refractivity contribution in [1.82, 2.24) is 5.32 Å². The van der Waals surface area contributed by atoms with Crippen molar-refractivity contribution in [3.8, 4) is 5.75 Å². The summed E-state index contributed by atoms with van der Waals surface area (Å²) in [5.41, 5.74) is 0. The second kappa shape index (κ2) is 5.15. The monoisotopic (exact) mass is 287 g/mol. The number of nitrogens with one attached hydrogen (secondary N) is 1. The summed E-state index contributed by atoms with van der Waals surface area (Å²) in [6.45, 7) is 2.78. The first-order valence-electron chi connectivity index (χ1n) is 5.49. The van der Waals surface area contributed by atoms with Gasteiger partial charge in [0.15, 0.2) is 0 Å². The third-order valence-corrected chi connectivity index (χ3v) is 2.90. The third-order valence-electron chi connectivity index (χ3n) is 2.44. The fourth-order valence-corrected chi connectivity index (χ4v) is 1.93. The van der Waals surface area contributed by atoms with Crippen molar-refractivity contribution in [3.05, 3.63) is 28.5 Å². The van der Waals surface area contributed by atoms with Crippen LogP contribution < -0.4 is 10.1 Å². The quantitative estimate of drug-likeness (QED) is 0.899. The lowest BCUT2D eigenvalue weighted by atomic mass is 10.3. The molecule has 0 saturated heterocycles. The van der Waals surface area contributed by atoms with Crippen LogP contribution in [0.25, 0.3) is 0 Å². The Balaban J connectivity index is 1.86. The number of ether oxygens (including phenoxy) is 1. The van der Waals surface area contributed by atoms with Gasteiger partial charge in [-0.2, -0.15) is 0 Å². The zero-order valence-electron chi connectivity index (χ0n) is 9.17. The van der Waals surface area contributed by atoms with Crippen molar-refractivity contribution in [1.29, 1.82) is 0 Å². The molecule has 0 heterocycles. The lowest BCUT2D eigenvalue weighted by Gasteiger charge is -2.15. The maximum Gasteiger partial charge on any atom is 0.128 e. The van der Waals surface area contributed by atoms with E-state index in [0.29, 0.717) is 16.3 Å². The van der Waals surface area contributed by atoms with Gasteiger partial charge in [-0.3, -0.25) is 0 Å². The first-order valence-corrected chi connectivity index (χ1v) is 6.29. The van der Waals surface area contributed by atoms with Crippen LogP contribution in [0, 0.1) is 5.82 Å². The van der Waals surface area contributed by atoms with Crippen molar-refractivity contribution in [2.45, 2.75) is 31.9 Å². The van der Waals surface area contributed by atoms with Crippen LogP contribution in [0.3, 0.4) is 0 Å². The molecule has 2 rings (SSSR count). The highest BCUT2D eigenvalue weighted by molar-refractivity contribution is 9.10. The van der Waals surface area contributed by atoms with Gasteiger partial charge < -0.3 is 10.1 Å². The molecule has 1 saturated carbocycles. The first-order chi connectivity index (χ1) is 7.63. The van der Waals surface area contributed by atoms with Crippen molar-refractivity contribution < 1.29 is 9.13 Å². The maximum absolute atomic E-state index is 13.1. The number of halogens is 2. The number of benzene rings is 1. The molecular formula is C12H15BrFNO. The first kappa shape index (κ1) is 11.9. The molecule has 1 N–H and O–H groups in total. The Kier molecular flexibility index (Phi) is 3.82. The normalized spacial score (nSPS) is 17.2. The summed E-state index contributed by atoms with van der Waals surface area (Å²) in [7, 11) is 0. The standard InChI is InChI=1S/C12H15BrFNO/c1-8(7-15-11-2-3-11)16-12-5-9(13)4-10(14)6-12/h4-6,8,11,15H,2-3,7H2,1H3. The Morgan fingerprint density at radius 2 is 2.25 bits per heavy atom. The fourth-order valence-electron chi connectivity index (χ4n) is 1.49. The zero-order chi connectivity index (χ0) is 11.5. The van der Waals surface area contributed by atoms with Crippen LogP contribution in [0.1, 0.15) is 19.8 Å². The largest absolute Gasteiger partial charge is 0.489 e. The zero-order valence-corrected chi connectivity index (χ0v) is 10.8. The van der Waals surface area contributed by atoms with E-state index < -0.39 is 0 Å². The number of hydrogen-bond acceptors (Lipinski definition) is 2. The summed E-state index contributed by atoms with van der Waals surface area (Å²) >= 11 is 3.24. The molecular weight excluding hydrogens is 273 g/mol. The van der Waals surface area contributed by atoms with E-state index in [2.05, 4.69) is 21.2 Å². The van der Waals surface area contributed by atoms with E-state index in [9.17, 15) is 4.39 Å². The average molecular weight is 288 g/mol. The van der Waals surface area contributed by atoms with Crippen molar-refractivity contribution in [2.24, 2.45) is 0 Å². The van der Waals surface area contributed by atoms with E-state index >= 15 is 0 Å². The Morgan fingerprint density at radius 1 is 1.50 bits per heavy atom. The predicted molar refractivity (Wildman–Crippen MR) is 65.2 cm³/mol. The molecule has 1 unspecified atom stereocenters. The highest BCUT2D eigenvalue weighted by Gasteiger charge is 2.21. The highest BCUT2D eigenvalue weighted by Crippen LogP contribution is 2.22. The van der Waals surface area contributed by atoms with Gasteiger partial charge in [0.1, 0.15) is 17.7 Å². The highest BCUT2D eigenvalue weighted by atomic mass is 79.9. The molecule has 1 aliphatic carbocycles. The Labute approximate surface area is 103 Å². The lowest BCUT2D eigenvalue weighted by Crippen LogP contribution is -2.30. The molecule has 1 aromatic carbocycles. The molecule has 16 heavy (non-hydrogen) atoms. The molecule has 0 amide bonds. The van der Waals surface area contributed by atoms with E-state index in [0.717, 1.165) is 6.54 Å². The van der Waals surface area contributed by atoms with Gasteiger partial charge in [0.25, 0.3) is 0 Å². The molecule has 1 aromatic rings. The molecule has 0 radical (unpaired) electrons. The fraction of sp³-hybridized carbons (Fsp3) is 0.500. The minimum absolute atomic E-state index is 0.0503. The molecule has 1 fully saturated rings. The van der Waals surface area contributed by atoms with Crippen LogP contribution in [0.4, 0.5) is 4.39 Å². The molecule has 88 valence electrons. The number of hydrogen-bond donors (Lipinski definition) is 1. The second-order valence-electron chi connectivity index (χ2n) is 4.22. The minimum atomic E-state index is -0.285. The Hall–Kier alpha value is -0.610.